The van der Waals surface area contributed by atoms with E-state index in [1.165, 1.54) is 5.56 Å². The lowest BCUT2D eigenvalue weighted by Crippen LogP contribution is -2.16. The van der Waals surface area contributed by atoms with Gasteiger partial charge in [-0.05, 0) is 47.4 Å². The van der Waals surface area contributed by atoms with E-state index in [1.54, 1.807) is 12.4 Å². The molecule has 1 aliphatic carbocycles. The number of aromatic nitrogens is 3. The quantitative estimate of drug-likeness (QED) is 0.539. The number of pyridine rings is 3. The molecule has 0 saturated heterocycles. The molecule has 0 fully saturated rings. The average molecular weight is 359 g/mol. The van der Waals surface area contributed by atoms with Gasteiger partial charge in [-0.3, -0.25) is 9.97 Å². The van der Waals surface area contributed by atoms with Crippen LogP contribution in [-0.4, -0.2) is 15.0 Å². The van der Waals surface area contributed by atoms with Crippen LogP contribution >= 0.6 is 11.6 Å². The highest BCUT2D eigenvalue weighted by Crippen LogP contribution is 2.45. The van der Waals surface area contributed by atoms with Crippen molar-refractivity contribution in [3.05, 3.63) is 82.9 Å². The van der Waals surface area contributed by atoms with E-state index in [0.29, 0.717) is 5.82 Å². The first-order valence-electron chi connectivity index (χ1n) is 8.44. The van der Waals surface area contributed by atoms with Gasteiger partial charge < -0.3 is 5.73 Å². The Labute approximate surface area is 155 Å². The predicted molar refractivity (Wildman–Crippen MR) is 104 cm³/mol. The third kappa shape index (κ3) is 2.26. The van der Waals surface area contributed by atoms with Crippen LogP contribution in [0.1, 0.15) is 22.6 Å². The molecule has 5 heteroatoms. The second kappa shape index (κ2) is 5.78. The highest BCUT2D eigenvalue weighted by atomic mass is 35.5. The Morgan fingerprint density at radius 2 is 1.85 bits per heavy atom. The highest BCUT2D eigenvalue weighted by molar-refractivity contribution is 6.30. The zero-order chi connectivity index (χ0) is 17.7. The number of rotatable bonds is 1. The Morgan fingerprint density at radius 1 is 1.00 bits per heavy atom. The first-order chi connectivity index (χ1) is 12.7. The summed E-state index contributed by atoms with van der Waals surface area (Å²) in [5, 5.41) is 2.71. The van der Waals surface area contributed by atoms with Gasteiger partial charge in [0.15, 0.2) is 0 Å². The standard InChI is InChI=1S/C21H15ClN4/c22-14-3-1-2-12(8-14)17-9-13-10-24-6-4-15(13)20-19(17)18-11-25-7-5-16(18)21(23)26-20/h1-8,10-11,17H,9H2,(H2,23,26). The minimum atomic E-state index is 0.125. The molecule has 4 nitrogen and oxygen atoms in total. The van der Waals surface area contributed by atoms with Gasteiger partial charge in [-0.1, -0.05) is 23.7 Å². The number of benzene rings is 1. The smallest absolute Gasteiger partial charge is 0.132 e. The van der Waals surface area contributed by atoms with Crippen molar-refractivity contribution < 1.29 is 0 Å². The van der Waals surface area contributed by atoms with Crippen molar-refractivity contribution in [2.75, 3.05) is 5.73 Å². The second-order valence-electron chi connectivity index (χ2n) is 6.53. The van der Waals surface area contributed by atoms with E-state index >= 15 is 0 Å². The fourth-order valence-corrected chi connectivity index (χ4v) is 4.11. The van der Waals surface area contributed by atoms with E-state index in [-0.39, 0.29) is 5.92 Å². The summed E-state index contributed by atoms with van der Waals surface area (Å²) in [4.78, 5) is 13.4. The maximum absolute atomic E-state index is 6.27. The van der Waals surface area contributed by atoms with Gasteiger partial charge in [0.05, 0.1) is 5.69 Å². The normalized spacial score (nSPS) is 15.5. The van der Waals surface area contributed by atoms with Crippen LogP contribution in [0.15, 0.2) is 61.2 Å². The molecule has 0 radical (unpaired) electrons. The molecule has 0 aliphatic heterocycles. The van der Waals surface area contributed by atoms with Crippen LogP contribution in [-0.2, 0) is 6.42 Å². The van der Waals surface area contributed by atoms with Gasteiger partial charge in [-0.2, -0.15) is 0 Å². The van der Waals surface area contributed by atoms with Crippen molar-refractivity contribution in [1.29, 1.82) is 0 Å². The lowest BCUT2D eigenvalue weighted by Gasteiger charge is -2.29. The van der Waals surface area contributed by atoms with Gasteiger partial charge in [0, 0.05) is 52.1 Å². The molecule has 0 bridgehead atoms. The Morgan fingerprint density at radius 3 is 2.73 bits per heavy atom. The highest BCUT2D eigenvalue weighted by Gasteiger charge is 2.30. The van der Waals surface area contributed by atoms with E-state index in [2.05, 4.69) is 16.0 Å². The fourth-order valence-electron chi connectivity index (χ4n) is 3.91. The van der Waals surface area contributed by atoms with Crippen molar-refractivity contribution in [3.8, 4) is 11.3 Å². The minimum Gasteiger partial charge on any atom is -0.383 e. The monoisotopic (exact) mass is 358 g/mol. The zero-order valence-electron chi connectivity index (χ0n) is 13.9. The van der Waals surface area contributed by atoms with Crippen molar-refractivity contribution in [2.45, 2.75) is 12.3 Å². The second-order valence-corrected chi connectivity index (χ2v) is 6.96. The molecule has 1 aromatic carbocycles. The Kier molecular flexibility index (Phi) is 3.40. The van der Waals surface area contributed by atoms with Crippen LogP contribution < -0.4 is 5.73 Å². The largest absolute Gasteiger partial charge is 0.383 e. The van der Waals surface area contributed by atoms with Crippen molar-refractivity contribution in [1.82, 2.24) is 15.0 Å². The van der Waals surface area contributed by atoms with Crippen LogP contribution in [0.25, 0.3) is 22.0 Å². The first-order valence-corrected chi connectivity index (χ1v) is 8.82. The molecule has 0 spiro atoms. The van der Waals surface area contributed by atoms with Gasteiger partial charge in [0.25, 0.3) is 0 Å². The summed E-state index contributed by atoms with van der Waals surface area (Å²) >= 11 is 6.27. The van der Waals surface area contributed by atoms with E-state index in [1.807, 2.05) is 42.7 Å². The van der Waals surface area contributed by atoms with E-state index in [9.17, 15) is 0 Å². The number of nitrogen functional groups attached to an aromatic ring is 1. The Hall–Kier alpha value is -2.98. The van der Waals surface area contributed by atoms with Crippen molar-refractivity contribution >= 4 is 28.2 Å². The molecule has 1 unspecified atom stereocenters. The van der Waals surface area contributed by atoms with Gasteiger partial charge in [-0.25, -0.2) is 4.98 Å². The summed E-state index contributed by atoms with van der Waals surface area (Å²) in [6, 6.07) is 12.0. The number of hydrogen-bond acceptors (Lipinski definition) is 4. The summed E-state index contributed by atoms with van der Waals surface area (Å²) < 4.78 is 0. The van der Waals surface area contributed by atoms with E-state index in [4.69, 9.17) is 22.3 Å². The van der Waals surface area contributed by atoms with Gasteiger partial charge in [-0.15, -0.1) is 0 Å². The number of nitrogens with two attached hydrogens (primary N) is 1. The molecule has 0 saturated carbocycles. The lowest BCUT2D eigenvalue weighted by molar-refractivity contribution is 0.790. The molecule has 4 aromatic rings. The average Bonchev–Trinajstić information content (AvgIpc) is 2.67. The van der Waals surface area contributed by atoms with Crippen molar-refractivity contribution in [2.24, 2.45) is 0 Å². The molecule has 2 N–H and O–H groups in total. The van der Waals surface area contributed by atoms with Crippen LogP contribution in [0.3, 0.4) is 0 Å². The molecule has 1 aliphatic rings. The van der Waals surface area contributed by atoms with Gasteiger partial charge >= 0.3 is 0 Å². The third-order valence-electron chi connectivity index (χ3n) is 5.06. The molecule has 1 atom stereocenters. The van der Waals surface area contributed by atoms with Crippen LogP contribution in [0.4, 0.5) is 5.82 Å². The minimum absolute atomic E-state index is 0.125. The Balaban J connectivity index is 1.88. The van der Waals surface area contributed by atoms with Crippen LogP contribution in [0, 0.1) is 0 Å². The molecule has 0 amide bonds. The summed E-state index contributed by atoms with van der Waals surface area (Å²) in [6.07, 6.45) is 8.19. The molecule has 3 aromatic heterocycles. The molecule has 3 heterocycles. The molecular formula is C21H15ClN4. The number of fused-ring (bicyclic) bond motifs is 5. The molecule has 126 valence electrons. The molecule has 5 rings (SSSR count). The fraction of sp³-hybridized carbons (Fsp3) is 0.0952. The summed E-state index contributed by atoms with van der Waals surface area (Å²) in [7, 11) is 0. The lowest BCUT2D eigenvalue weighted by atomic mass is 9.77. The SMILES string of the molecule is Nc1nc2c(c3cnccc13)C(c1cccc(Cl)c1)Cc1cnccc1-2. The Bertz CT molecular complexity index is 1160. The predicted octanol–water partition coefficient (Wildman–Crippen LogP) is 4.62. The molecule has 26 heavy (non-hydrogen) atoms. The zero-order valence-corrected chi connectivity index (χ0v) is 14.6. The van der Waals surface area contributed by atoms with Crippen molar-refractivity contribution in [3.63, 3.8) is 0 Å². The van der Waals surface area contributed by atoms with Gasteiger partial charge in [0.2, 0.25) is 0 Å². The first kappa shape index (κ1) is 15.3. The summed E-state index contributed by atoms with van der Waals surface area (Å²) in [5.41, 5.74) is 11.8. The van der Waals surface area contributed by atoms with Crippen LogP contribution in [0.2, 0.25) is 5.02 Å². The maximum Gasteiger partial charge on any atom is 0.132 e. The third-order valence-corrected chi connectivity index (χ3v) is 5.29. The molecular weight excluding hydrogens is 344 g/mol. The number of halogens is 1. The maximum atomic E-state index is 6.27. The topological polar surface area (TPSA) is 64.7 Å². The summed E-state index contributed by atoms with van der Waals surface area (Å²) in [5.74, 6) is 0.649. The number of nitrogens with zero attached hydrogens (tertiary/aromatic N) is 3. The number of hydrogen-bond donors (Lipinski definition) is 1. The summed E-state index contributed by atoms with van der Waals surface area (Å²) in [6.45, 7) is 0. The van der Waals surface area contributed by atoms with Crippen LogP contribution in [0.5, 0.6) is 0 Å². The van der Waals surface area contributed by atoms with Gasteiger partial charge in [0.1, 0.15) is 5.82 Å². The van der Waals surface area contributed by atoms with E-state index < -0.39 is 0 Å². The number of anilines is 1. The van der Waals surface area contributed by atoms with E-state index in [0.717, 1.165) is 44.6 Å².